The molecule has 2 aliphatic rings. The molecular weight excluding hydrogens is 1760 g/mol. The molecule has 132 heavy (non-hydrogen) atoms. The van der Waals surface area contributed by atoms with Crippen LogP contribution < -0.4 is 50.8 Å². The van der Waals surface area contributed by atoms with Crippen molar-refractivity contribution in [3.05, 3.63) is 341 Å². The molecule has 4 amide bonds. The maximum atomic E-state index is 13.3. The van der Waals surface area contributed by atoms with E-state index in [1.165, 1.54) is 99.0 Å². The minimum absolute atomic E-state index is 0. The Bertz CT molecular complexity index is 6400. The van der Waals surface area contributed by atoms with Crippen molar-refractivity contribution in [2.45, 2.75) is 123 Å². The number of aliphatic hydroxyl groups is 1. The van der Waals surface area contributed by atoms with Gasteiger partial charge in [0, 0.05) is 99.4 Å². The summed E-state index contributed by atoms with van der Waals surface area (Å²) in [7, 11) is 0. The molecule has 5 atom stereocenters. The van der Waals surface area contributed by atoms with Crippen LogP contribution in [0, 0.1) is 23.3 Å². The molecule has 0 saturated carbocycles. The van der Waals surface area contributed by atoms with Crippen LogP contribution >= 0.6 is 15.9 Å². The molecule has 0 spiro atoms. The summed E-state index contributed by atoms with van der Waals surface area (Å²) in [4.78, 5) is 96.4. The summed E-state index contributed by atoms with van der Waals surface area (Å²) in [6.45, 7) is 16.6. The molecule has 14 heterocycles. The van der Waals surface area contributed by atoms with Crippen molar-refractivity contribution in [3.8, 4) is 22.7 Å². The fourth-order valence-corrected chi connectivity index (χ4v) is 14.9. The number of halogens is 5. The Labute approximate surface area is 792 Å². The first-order chi connectivity index (χ1) is 63.3. The van der Waals surface area contributed by atoms with Crippen molar-refractivity contribution in [3.63, 3.8) is 0 Å². The molecule has 28 nitrogen and oxygen atoms in total. The van der Waals surface area contributed by atoms with Gasteiger partial charge < -0.3 is 37.3 Å². The molecule has 0 bridgehead atoms. The number of fused-ring (bicyclic) bond motifs is 4. The van der Waals surface area contributed by atoms with E-state index in [4.69, 9.17) is 9.47 Å². The first-order valence-electron chi connectivity index (χ1n) is 42.2. The van der Waals surface area contributed by atoms with Crippen molar-refractivity contribution in [1.82, 2.24) is 100 Å². The second-order valence-corrected chi connectivity index (χ2v) is 30.8. The number of hydrogen-bond donors (Lipinski definition) is 5. The minimum atomic E-state index is -0.340. The van der Waals surface area contributed by atoms with Crippen LogP contribution in [-0.2, 0) is 16.1 Å². The average molecular weight is 1860 g/mol. The van der Waals surface area contributed by atoms with Crippen LogP contribution in [0.15, 0.2) is 256 Å². The Morgan fingerprint density at radius 1 is 0.447 bits per heavy atom. The van der Waals surface area contributed by atoms with E-state index in [1.54, 1.807) is 166 Å². The van der Waals surface area contributed by atoms with Crippen LogP contribution in [0.2, 0.25) is 0 Å². The van der Waals surface area contributed by atoms with Crippen LogP contribution in [0.5, 0.6) is 0 Å². The summed E-state index contributed by atoms with van der Waals surface area (Å²) in [5, 5.41) is 41.5. The number of rotatable bonds is 23. The number of nitrogens with zero attached hydrogens (tertiary/aromatic N) is 16. The number of aldehydes is 1. The zero-order valence-corrected chi connectivity index (χ0v) is 76.8. The van der Waals surface area contributed by atoms with E-state index in [2.05, 4.69) is 111 Å². The van der Waals surface area contributed by atoms with Crippen LogP contribution in [0.3, 0.4) is 0 Å². The van der Waals surface area contributed by atoms with Gasteiger partial charge in [0.15, 0.2) is 6.29 Å². The molecule has 35 heteroatoms. The van der Waals surface area contributed by atoms with Crippen molar-refractivity contribution in [2.24, 2.45) is 0 Å². The number of amides is 4. The summed E-state index contributed by atoms with van der Waals surface area (Å²) in [5.74, 6) is -2.38. The summed E-state index contributed by atoms with van der Waals surface area (Å²) < 4.78 is 70.3. The van der Waals surface area contributed by atoms with Crippen molar-refractivity contribution in [1.29, 1.82) is 0 Å². The zero-order chi connectivity index (χ0) is 91.6. The summed E-state index contributed by atoms with van der Waals surface area (Å²) in [6, 6.07) is 37.5. The molecule has 16 aromatic rings. The third kappa shape index (κ3) is 25.1. The SMILES string of the molecule is C1CCOC1.C=Cc1cc([C@H](CC)NC(=O)c2cncc3c2cnn3-c2ccc(F)cc2)ccn1.CC1CCCO1.CC[C@H](NC(=O)c1cncc2c1cnn2-c1ccc(F)cc1)c1ccnc(Br)c1.CC[C@H](NC(=O)c1cncc2c1cnn2-c1ccc(F)cc1)c1ccnc(C=O)c1.CC[C@H](NC(=O)c1cncc2c1cnn2-c1ccc(F)cc1)c1ccnc(CO)c1.[B].[H-].[Na+]. The van der Waals surface area contributed by atoms with Crippen LogP contribution in [0.25, 0.3) is 72.4 Å². The predicted octanol–water partition coefficient (Wildman–Crippen LogP) is 14.8. The molecule has 2 saturated heterocycles. The Hall–Kier alpha value is -13.6. The topological polar surface area (TPSA) is 347 Å². The van der Waals surface area contributed by atoms with Gasteiger partial charge in [-0.3, -0.25) is 58.9 Å². The van der Waals surface area contributed by atoms with Gasteiger partial charge in [-0.15, -0.1) is 0 Å². The number of aliphatic hydroxyl groups excluding tert-OH is 1. The molecule has 2 aliphatic heterocycles. The van der Waals surface area contributed by atoms with Gasteiger partial charge in [0.1, 0.15) is 33.6 Å². The molecule has 12 aromatic heterocycles. The van der Waals surface area contributed by atoms with E-state index in [1.807, 2.05) is 58.0 Å². The van der Waals surface area contributed by atoms with Crippen molar-refractivity contribution < 1.29 is 87.1 Å². The predicted molar refractivity (Wildman–Crippen MR) is 495 cm³/mol. The zero-order valence-electron chi connectivity index (χ0n) is 74.3. The van der Waals surface area contributed by atoms with E-state index in [0.29, 0.717) is 136 Å². The van der Waals surface area contributed by atoms with Crippen molar-refractivity contribution in [2.75, 3.05) is 19.8 Å². The van der Waals surface area contributed by atoms with Crippen LogP contribution in [-0.4, -0.2) is 148 Å². The van der Waals surface area contributed by atoms with E-state index in [0.717, 1.165) is 54.2 Å². The van der Waals surface area contributed by atoms with E-state index in [9.17, 15) is 46.6 Å². The maximum absolute atomic E-state index is 13.3. The molecule has 18 rings (SSSR count). The van der Waals surface area contributed by atoms with E-state index >= 15 is 0 Å². The monoisotopic (exact) mass is 1860 g/mol. The number of pyridine rings is 8. The van der Waals surface area contributed by atoms with Gasteiger partial charge in [0.05, 0.1) is 165 Å². The molecule has 2 fully saturated rings. The standard InChI is InChI=1S/C23H20FN5O.C22H20FN5O2.C22H18FN5O2.C21H17BrFN5O.C5H10O.C4H8O.B.Na.H/c1-3-17-11-15(9-10-26-17)21(4-2)28-23(30)20-12-25-14-22-19(20)13-27-29(22)18-7-5-16(24)6-8-18;2*1-2-20(14-7-8-25-16(9-14)13-29)27-22(30)19-10-24-12-21-18(19)11-26-28(21)17-5-3-15(23)4-6-17;1-2-18(13-7-8-25-20(22)9-13)27-21(29)17-10-24-12-19-16(17)11-26-28(19)15-5-3-14(23)4-6-15;1-5-3-2-4-6-5;1-2-4-5-3-1;;;/h3,5-14,21H,1,4H2,2H3,(H,28,30);3-12,20,29H,2,13H2,1H3,(H,27,30);3-13,20H,2H2,1H3,(H,27,30);3-12,18H,2H2,1H3,(H,27,29);5H,2-4H2,1H3;1-4H2;;;/q;;;;;;;+1;-1/t21-;2*20-;18-;;;;;/m0000...../s1. The Morgan fingerprint density at radius 3 is 1.03 bits per heavy atom. The van der Waals surface area contributed by atoms with Crippen molar-refractivity contribution >= 4 is 104 Å². The Kier molecular flexibility index (Phi) is 36.2. The molecular formula is C97H94BBrF4N20NaO8. The average Bonchev–Trinajstić information content (AvgIpc) is 1.73. The van der Waals surface area contributed by atoms with Gasteiger partial charge in [0.2, 0.25) is 0 Å². The first-order valence-corrected chi connectivity index (χ1v) is 43.0. The molecule has 4 aromatic carbocycles. The van der Waals surface area contributed by atoms with Crippen LogP contribution in [0.4, 0.5) is 17.6 Å². The Morgan fingerprint density at radius 2 is 0.758 bits per heavy atom. The number of aromatic nitrogens is 16. The number of carbonyl (C=O) groups excluding carboxylic acids is 5. The molecule has 669 valence electrons. The quantitative estimate of drug-likeness (QED) is 0.0172. The smallest absolute Gasteiger partial charge is 1.00 e. The van der Waals surface area contributed by atoms with Gasteiger partial charge in [-0.2, -0.15) is 20.4 Å². The van der Waals surface area contributed by atoms with E-state index in [-0.39, 0.29) is 117 Å². The van der Waals surface area contributed by atoms with E-state index < -0.39 is 0 Å². The summed E-state index contributed by atoms with van der Waals surface area (Å²) in [5.41, 5.74) is 12.2. The van der Waals surface area contributed by atoms with Gasteiger partial charge in [0.25, 0.3) is 23.6 Å². The number of nitrogens with one attached hydrogen (secondary N) is 4. The third-order valence-electron chi connectivity index (χ3n) is 21.4. The second-order valence-electron chi connectivity index (χ2n) is 30.0. The number of carbonyl (C=O) groups is 5. The first kappa shape index (κ1) is 99.0. The molecule has 5 N–H and O–H groups in total. The van der Waals surface area contributed by atoms with Gasteiger partial charge >= 0.3 is 29.6 Å². The van der Waals surface area contributed by atoms with Gasteiger partial charge in [-0.05, 0) is 248 Å². The number of benzene rings is 4. The number of hydrogen-bond acceptors (Lipinski definition) is 20. The van der Waals surface area contributed by atoms with Crippen LogP contribution in [0.1, 0.15) is 197 Å². The molecule has 1 unspecified atom stereocenters. The summed E-state index contributed by atoms with van der Waals surface area (Å²) in [6.07, 6.45) is 36.3. The Balaban J connectivity index is 0.000000175. The fourth-order valence-electron chi connectivity index (χ4n) is 14.5. The minimum Gasteiger partial charge on any atom is -1.00 e. The van der Waals surface area contributed by atoms with Gasteiger partial charge in [-0.1, -0.05) is 34.3 Å². The second kappa shape index (κ2) is 48.3. The number of ether oxygens (including phenoxy) is 2. The van der Waals surface area contributed by atoms with Gasteiger partial charge in [-0.25, -0.2) is 41.3 Å². The largest absolute Gasteiger partial charge is 1.00 e. The molecule has 3 radical (unpaired) electrons. The third-order valence-corrected chi connectivity index (χ3v) is 21.8. The summed E-state index contributed by atoms with van der Waals surface area (Å²) >= 11 is 3.36. The maximum Gasteiger partial charge on any atom is 1.00 e. The normalized spacial score (nSPS) is 13.3. The fraction of sp³-hybridized carbons (Fsp3) is 0.227. The molecule has 0 aliphatic carbocycles.